The van der Waals surface area contributed by atoms with Gasteiger partial charge in [0.15, 0.2) is 0 Å². The Hall–Kier alpha value is -4.00. The van der Waals surface area contributed by atoms with Gasteiger partial charge in [-0.3, -0.25) is 14.5 Å². The summed E-state index contributed by atoms with van der Waals surface area (Å²) in [5.41, 5.74) is 0.535. The van der Waals surface area contributed by atoms with E-state index in [9.17, 15) is 28.6 Å². The molecule has 0 saturated carbocycles. The van der Waals surface area contributed by atoms with Gasteiger partial charge in [0.1, 0.15) is 23.1 Å². The number of aliphatic hydroxyl groups is 1. The van der Waals surface area contributed by atoms with Crippen molar-refractivity contribution in [2.45, 2.75) is 6.04 Å². The van der Waals surface area contributed by atoms with Gasteiger partial charge in [-0.15, -0.1) is 0 Å². The van der Waals surface area contributed by atoms with Gasteiger partial charge in [0.25, 0.3) is 11.7 Å². The first-order chi connectivity index (χ1) is 14.4. The molecule has 0 bridgehead atoms. The van der Waals surface area contributed by atoms with Crippen molar-refractivity contribution in [3.8, 4) is 5.75 Å². The highest BCUT2D eigenvalue weighted by Gasteiger charge is 2.47. The molecule has 1 heterocycles. The minimum Gasteiger partial charge on any atom is -0.508 e. The van der Waals surface area contributed by atoms with Gasteiger partial charge in [-0.05, 0) is 66.2 Å². The average Bonchev–Trinajstić information content (AvgIpc) is 3.00. The molecule has 150 valence electrons. The highest BCUT2D eigenvalue weighted by molar-refractivity contribution is 6.51. The van der Waals surface area contributed by atoms with Gasteiger partial charge in [-0.1, -0.05) is 12.1 Å². The number of carbonyl (C=O) groups is 2. The number of anilines is 1. The normalized spacial score (nSPS) is 18.1. The predicted molar refractivity (Wildman–Crippen MR) is 106 cm³/mol. The fraction of sp³-hybridized carbons (Fsp3) is 0.0435. The molecule has 4 rings (SSSR count). The minimum atomic E-state index is -1.08. The Morgan fingerprint density at radius 3 is 2.07 bits per heavy atom. The number of rotatable bonds is 3. The van der Waals surface area contributed by atoms with Crippen LogP contribution in [0.5, 0.6) is 5.75 Å². The van der Waals surface area contributed by atoms with Crippen LogP contribution in [0, 0.1) is 11.6 Å². The Morgan fingerprint density at radius 1 is 0.867 bits per heavy atom. The highest BCUT2D eigenvalue weighted by Crippen LogP contribution is 2.42. The molecule has 0 spiro atoms. The monoisotopic (exact) mass is 407 g/mol. The Bertz CT molecular complexity index is 1170. The van der Waals surface area contributed by atoms with E-state index >= 15 is 0 Å². The van der Waals surface area contributed by atoms with Crippen molar-refractivity contribution < 1.29 is 28.6 Å². The third-order valence-electron chi connectivity index (χ3n) is 4.85. The maximum absolute atomic E-state index is 13.4. The summed E-state index contributed by atoms with van der Waals surface area (Å²) in [5.74, 6) is -3.49. The molecule has 0 aliphatic carbocycles. The quantitative estimate of drug-likeness (QED) is 0.386. The summed E-state index contributed by atoms with van der Waals surface area (Å²) >= 11 is 0. The van der Waals surface area contributed by atoms with E-state index in [1.54, 1.807) is 6.07 Å². The first-order valence-corrected chi connectivity index (χ1v) is 8.98. The molecular weight excluding hydrogens is 392 g/mol. The molecule has 1 aliphatic heterocycles. The number of ketones is 1. The topological polar surface area (TPSA) is 77.8 Å². The Morgan fingerprint density at radius 2 is 1.47 bits per heavy atom. The van der Waals surface area contributed by atoms with Gasteiger partial charge < -0.3 is 10.2 Å². The number of carbonyl (C=O) groups excluding carboxylic acids is 2. The number of nitrogens with zero attached hydrogens (tertiary/aromatic N) is 1. The lowest BCUT2D eigenvalue weighted by Crippen LogP contribution is -2.29. The number of aliphatic hydroxyl groups excluding tert-OH is 1. The third kappa shape index (κ3) is 3.30. The lowest BCUT2D eigenvalue weighted by atomic mass is 9.95. The molecule has 1 unspecified atom stereocenters. The lowest BCUT2D eigenvalue weighted by molar-refractivity contribution is -0.132. The van der Waals surface area contributed by atoms with Crippen molar-refractivity contribution in [3.05, 3.63) is 101 Å². The zero-order valence-electron chi connectivity index (χ0n) is 15.4. The van der Waals surface area contributed by atoms with E-state index in [1.807, 2.05) is 0 Å². The Balaban J connectivity index is 1.95. The van der Waals surface area contributed by atoms with Crippen molar-refractivity contribution in [1.82, 2.24) is 0 Å². The first kappa shape index (κ1) is 19.3. The molecule has 1 aliphatic rings. The molecule has 3 aromatic rings. The van der Waals surface area contributed by atoms with E-state index < -0.39 is 35.1 Å². The van der Waals surface area contributed by atoms with E-state index in [2.05, 4.69) is 0 Å². The summed E-state index contributed by atoms with van der Waals surface area (Å²) in [4.78, 5) is 26.9. The van der Waals surface area contributed by atoms with E-state index in [0.29, 0.717) is 5.56 Å². The molecule has 0 radical (unpaired) electrons. The molecule has 1 atom stereocenters. The fourth-order valence-corrected chi connectivity index (χ4v) is 3.47. The Kier molecular flexibility index (Phi) is 4.79. The molecule has 3 aromatic carbocycles. The van der Waals surface area contributed by atoms with Crippen LogP contribution in [0.1, 0.15) is 17.2 Å². The van der Waals surface area contributed by atoms with Crippen LogP contribution < -0.4 is 4.90 Å². The SMILES string of the molecule is O=C1C(=O)N(c2ccc(F)cc2)C(c2cccc(O)c2)/C1=C(/O)c1ccc(F)cc1. The van der Waals surface area contributed by atoms with Gasteiger partial charge in [0, 0.05) is 11.3 Å². The lowest BCUT2D eigenvalue weighted by Gasteiger charge is -2.25. The second kappa shape index (κ2) is 7.44. The van der Waals surface area contributed by atoms with Crippen LogP contribution in [-0.2, 0) is 9.59 Å². The van der Waals surface area contributed by atoms with Gasteiger partial charge in [-0.2, -0.15) is 0 Å². The van der Waals surface area contributed by atoms with E-state index in [4.69, 9.17) is 0 Å². The van der Waals surface area contributed by atoms with Crippen LogP contribution >= 0.6 is 0 Å². The Labute approximate surface area is 170 Å². The van der Waals surface area contributed by atoms with Crippen LogP contribution in [0.3, 0.4) is 0 Å². The molecule has 0 aromatic heterocycles. The van der Waals surface area contributed by atoms with Crippen LogP contribution in [0.2, 0.25) is 0 Å². The highest BCUT2D eigenvalue weighted by atomic mass is 19.1. The number of benzene rings is 3. The molecule has 30 heavy (non-hydrogen) atoms. The number of phenolic OH excluding ortho intramolecular Hbond substituents is 1. The number of hydrogen-bond acceptors (Lipinski definition) is 4. The summed E-state index contributed by atoms with van der Waals surface area (Å²) < 4.78 is 26.7. The minimum absolute atomic E-state index is 0.0982. The number of aromatic hydroxyl groups is 1. The number of halogens is 2. The second-order valence-electron chi connectivity index (χ2n) is 6.75. The second-order valence-corrected chi connectivity index (χ2v) is 6.75. The van der Waals surface area contributed by atoms with Crippen LogP contribution in [0.25, 0.3) is 5.76 Å². The van der Waals surface area contributed by atoms with E-state index in [1.165, 1.54) is 42.5 Å². The summed E-state index contributed by atoms with van der Waals surface area (Å²) in [6, 6.07) is 14.6. The summed E-state index contributed by atoms with van der Waals surface area (Å²) in [6.45, 7) is 0. The summed E-state index contributed by atoms with van der Waals surface area (Å²) in [7, 11) is 0. The zero-order valence-corrected chi connectivity index (χ0v) is 15.4. The molecule has 1 amide bonds. The van der Waals surface area contributed by atoms with Gasteiger partial charge >= 0.3 is 0 Å². The molecular formula is C23H15F2NO4. The first-order valence-electron chi connectivity index (χ1n) is 8.98. The van der Waals surface area contributed by atoms with Gasteiger partial charge in [0.2, 0.25) is 0 Å². The largest absolute Gasteiger partial charge is 0.508 e. The number of Topliss-reactive ketones (excluding diaryl/α,β-unsaturated/α-hetero) is 1. The van der Waals surface area contributed by atoms with Gasteiger partial charge in [0.05, 0.1) is 11.6 Å². The fourth-order valence-electron chi connectivity index (χ4n) is 3.47. The standard InChI is InChI=1S/C23H15F2NO4/c24-15-6-4-13(5-7-15)21(28)19-20(14-2-1-3-18(27)12-14)26(23(30)22(19)29)17-10-8-16(25)9-11-17/h1-12,20,27-28H/b21-19-. The van der Waals surface area contributed by atoms with Crippen molar-refractivity contribution in [1.29, 1.82) is 0 Å². The molecule has 1 saturated heterocycles. The molecule has 5 nitrogen and oxygen atoms in total. The molecule has 2 N–H and O–H groups in total. The molecule has 7 heteroatoms. The average molecular weight is 407 g/mol. The number of phenols is 1. The van der Waals surface area contributed by atoms with Crippen molar-refractivity contribution in [2.24, 2.45) is 0 Å². The van der Waals surface area contributed by atoms with E-state index in [-0.39, 0.29) is 22.6 Å². The van der Waals surface area contributed by atoms with Crippen LogP contribution in [0.4, 0.5) is 14.5 Å². The third-order valence-corrected chi connectivity index (χ3v) is 4.85. The molecule has 1 fully saturated rings. The van der Waals surface area contributed by atoms with Crippen LogP contribution in [-0.4, -0.2) is 21.9 Å². The predicted octanol–water partition coefficient (Wildman–Crippen LogP) is 4.30. The number of hydrogen-bond donors (Lipinski definition) is 2. The van der Waals surface area contributed by atoms with Crippen molar-refractivity contribution >= 4 is 23.1 Å². The van der Waals surface area contributed by atoms with Crippen LogP contribution in [0.15, 0.2) is 78.4 Å². The maximum Gasteiger partial charge on any atom is 0.300 e. The maximum atomic E-state index is 13.4. The smallest absolute Gasteiger partial charge is 0.300 e. The van der Waals surface area contributed by atoms with Crippen molar-refractivity contribution in [3.63, 3.8) is 0 Å². The summed E-state index contributed by atoms with van der Waals surface area (Å²) in [5, 5.41) is 20.8. The zero-order chi connectivity index (χ0) is 21.4. The summed E-state index contributed by atoms with van der Waals surface area (Å²) in [6.07, 6.45) is 0. The number of amides is 1. The van der Waals surface area contributed by atoms with Gasteiger partial charge in [-0.25, -0.2) is 8.78 Å². The van der Waals surface area contributed by atoms with Crippen molar-refractivity contribution in [2.75, 3.05) is 4.90 Å². The van der Waals surface area contributed by atoms with E-state index in [0.717, 1.165) is 29.2 Å².